The summed E-state index contributed by atoms with van der Waals surface area (Å²) >= 11 is 1.58. The number of thiazole rings is 1. The Labute approximate surface area is 128 Å². The van der Waals surface area contributed by atoms with Crippen LogP contribution in [-0.4, -0.2) is 32.8 Å². The zero-order valence-electron chi connectivity index (χ0n) is 12.4. The van der Waals surface area contributed by atoms with Crippen LogP contribution in [-0.2, 0) is 0 Å². The molecule has 21 heavy (non-hydrogen) atoms. The standard InChI is InChI=1S/C15H18N4OS/c1-9-8-21-14(18-9)10(2)19(3)15(20)12-6-16-13(17-7-12)11-4-5-11/h6-8,10-11H,4-5H2,1-3H3/t10-/m0/s1. The number of rotatable bonds is 4. The zero-order chi connectivity index (χ0) is 15.0. The molecule has 1 aliphatic rings. The van der Waals surface area contributed by atoms with Crippen molar-refractivity contribution in [3.63, 3.8) is 0 Å². The molecule has 0 aromatic carbocycles. The maximum Gasteiger partial charge on any atom is 0.257 e. The lowest BCUT2D eigenvalue weighted by Gasteiger charge is -2.23. The first-order valence-corrected chi connectivity index (χ1v) is 7.95. The lowest BCUT2D eigenvalue weighted by Crippen LogP contribution is -2.29. The smallest absolute Gasteiger partial charge is 0.257 e. The number of amides is 1. The highest BCUT2D eigenvalue weighted by atomic mass is 32.1. The topological polar surface area (TPSA) is 59.0 Å². The molecule has 2 aromatic rings. The van der Waals surface area contributed by atoms with E-state index in [2.05, 4.69) is 15.0 Å². The summed E-state index contributed by atoms with van der Waals surface area (Å²) < 4.78 is 0. The maximum atomic E-state index is 12.5. The minimum absolute atomic E-state index is 0.0562. The van der Waals surface area contributed by atoms with Gasteiger partial charge in [-0.05, 0) is 26.7 Å². The van der Waals surface area contributed by atoms with Gasteiger partial charge in [0.1, 0.15) is 10.8 Å². The lowest BCUT2D eigenvalue weighted by molar-refractivity contribution is 0.0741. The van der Waals surface area contributed by atoms with Crippen LogP contribution in [0.4, 0.5) is 0 Å². The molecule has 0 aliphatic heterocycles. The number of aromatic nitrogens is 3. The molecule has 1 saturated carbocycles. The summed E-state index contributed by atoms with van der Waals surface area (Å²) in [7, 11) is 1.79. The molecule has 1 aliphatic carbocycles. The molecule has 1 atom stereocenters. The van der Waals surface area contributed by atoms with Gasteiger partial charge in [-0.25, -0.2) is 15.0 Å². The van der Waals surface area contributed by atoms with E-state index in [0.717, 1.165) is 29.4 Å². The Morgan fingerprint density at radius 3 is 2.57 bits per heavy atom. The van der Waals surface area contributed by atoms with Crippen LogP contribution in [0, 0.1) is 6.92 Å². The van der Waals surface area contributed by atoms with E-state index in [1.54, 1.807) is 35.7 Å². The van der Waals surface area contributed by atoms with Gasteiger partial charge in [-0.2, -0.15) is 0 Å². The van der Waals surface area contributed by atoms with Crippen LogP contribution in [0.15, 0.2) is 17.8 Å². The second kappa shape index (κ2) is 5.52. The fraction of sp³-hybridized carbons (Fsp3) is 0.467. The van der Waals surface area contributed by atoms with Crippen LogP contribution in [0.25, 0.3) is 0 Å². The molecule has 0 unspecified atom stereocenters. The van der Waals surface area contributed by atoms with Gasteiger partial charge in [0.2, 0.25) is 0 Å². The second-order valence-corrected chi connectivity index (χ2v) is 6.41. The molecule has 3 rings (SSSR count). The summed E-state index contributed by atoms with van der Waals surface area (Å²) in [6.45, 7) is 3.94. The normalized spacial score (nSPS) is 15.8. The molecule has 1 amide bonds. The maximum absolute atomic E-state index is 12.5. The van der Waals surface area contributed by atoms with Crippen molar-refractivity contribution in [2.75, 3.05) is 7.05 Å². The van der Waals surface area contributed by atoms with Crippen molar-refractivity contribution >= 4 is 17.2 Å². The first kappa shape index (κ1) is 14.1. The van der Waals surface area contributed by atoms with E-state index < -0.39 is 0 Å². The molecule has 5 nitrogen and oxygen atoms in total. The largest absolute Gasteiger partial charge is 0.332 e. The van der Waals surface area contributed by atoms with Gasteiger partial charge in [0.05, 0.1) is 11.6 Å². The number of hydrogen-bond acceptors (Lipinski definition) is 5. The van der Waals surface area contributed by atoms with Crippen molar-refractivity contribution in [1.82, 2.24) is 19.9 Å². The number of carbonyl (C=O) groups excluding carboxylic acids is 1. The Bertz CT molecular complexity index is 648. The highest BCUT2D eigenvalue weighted by Crippen LogP contribution is 2.37. The monoisotopic (exact) mass is 302 g/mol. The van der Waals surface area contributed by atoms with Crippen molar-refractivity contribution in [1.29, 1.82) is 0 Å². The summed E-state index contributed by atoms with van der Waals surface area (Å²) in [6.07, 6.45) is 5.60. The molecule has 0 N–H and O–H groups in total. The molecule has 6 heteroatoms. The van der Waals surface area contributed by atoms with Gasteiger partial charge in [0.15, 0.2) is 0 Å². The Morgan fingerprint density at radius 2 is 2.05 bits per heavy atom. The van der Waals surface area contributed by atoms with E-state index in [0.29, 0.717) is 11.5 Å². The number of nitrogens with zero attached hydrogens (tertiary/aromatic N) is 4. The van der Waals surface area contributed by atoms with Crippen LogP contribution in [0.2, 0.25) is 0 Å². The Kier molecular flexibility index (Phi) is 3.71. The summed E-state index contributed by atoms with van der Waals surface area (Å²) in [4.78, 5) is 27.2. The Hall–Kier alpha value is -1.82. The van der Waals surface area contributed by atoms with Crippen LogP contribution < -0.4 is 0 Å². The van der Waals surface area contributed by atoms with Crippen molar-refractivity contribution in [3.8, 4) is 0 Å². The minimum Gasteiger partial charge on any atom is -0.332 e. The molecule has 0 bridgehead atoms. The number of carbonyl (C=O) groups is 1. The fourth-order valence-electron chi connectivity index (χ4n) is 2.11. The van der Waals surface area contributed by atoms with Gasteiger partial charge in [-0.3, -0.25) is 4.79 Å². The van der Waals surface area contributed by atoms with Crippen LogP contribution in [0.5, 0.6) is 0 Å². The van der Waals surface area contributed by atoms with Crippen molar-refractivity contribution in [2.45, 2.75) is 38.6 Å². The second-order valence-electron chi connectivity index (χ2n) is 5.52. The molecule has 0 radical (unpaired) electrons. The Balaban J connectivity index is 1.73. The van der Waals surface area contributed by atoms with Crippen molar-refractivity contribution < 1.29 is 4.79 Å². The van der Waals surface area contributed by atoms with E-state index in [4.69, 9.17) is 0 Å². The van der Waals surface area contributed by atoms with Gasteiger partial charge < -0.3 is 4.90 Å². The molecule has 2 heterocycles. The molecule has 1 fully saturated rings. The van der Waals surface area contributed by atoms with E-state index >= 15 is 0 Å². The summed E-state index contributed by atoms with van der Waals surface area (Å²) in [5.74, 6) is 1.29. The number of hydrogen-bond donors (Lipinski definition) is 0. The first-order chi connectivity index (χ1) is 10.1. The molecule has 110 valence electrons. The predicted octanol–water partition coefficient (Wildman–Crippen LogP) is 2.95. The van der Waals surface area contributed by atoms with Crippen LogP contribution in [0.1, 0.15) is 58.6 Å². The van der Waals surface area contributed by atoms with Crippen LogP contribution in [0.3, 0.4) is 0 Å². The van der Waals surface area contributed by atoms with Crippen LogP contribution >= 0.6 is 11.3 Å². The summed E-state index contributed by atoms with van der Waals surface area (Å²) in [6, 6.07) is -0.0562. The van der Waals surface area contributed by atoms with Gasteiger partial charge in [-0.1, -0.05) is 0 Å². The summed E-state index contributed by atoms with van der Waals surface area (Å²) in [5, 5.41) is 2.94. The SMILES string of the molecule is Cc1csc([C@H](C)N(C)C(=O)c2cnc(C3CC3)nc2)n1. The zero-order valence-corrected chi connectivity index (χ0v) is 13.2. The van der Waals surface area contributed by atoms with Crippen molar-refractivity contribution in [3.05, 3.63) is 39.9 Å². The summed E-state index contributed by atoms with van der Waals surface area (Å²) in [5.41, 5.74) is 1.52. The molecular weight excluding hydrogens is 284 g/mol. The van der Waals surface area contributed by atoms with E-state index in [-0.39, 0.29) is 11.9 Å². The van der Waals surface area contributed by atoms with Gasteiger partial charge in [0.25, 0.3) is 5.91 Å². The van der Waals surface area contributed by atoms with E-state index in [9.17, 15) is 4.79 Å². The van der Waals surface area contributed by atoms with E-state index in [1.807, 2.05) is 19.2 Å². The highest BCUT2D eigenvalue weighted by molar-refractivity contribution is 7.09. The third-order valence-electron chi connectivity index (χ3n) is 3.76. The molecular formula is C15H18N4OS. The molecule has 0 saturated heterocycles. The third-order valence-corrected chi connectivity index (χ3v) is 4.89. The van der Waals surface area contributed by atoms with Gasteiger partial charge in [-0.15, -0.1) is 11.3 Å². The van der Waals surface area contributed by atoms with Crippen molar-refractivity contribution in [2.24, 2.45) is 0 Å². The Morgan fingerprint density at radius 1 is 1.38 bits per heavy atom. The highest BCUT2D eigenvalue weighted by Gasteiger charge is 2.27. The third kappa shape index (κ3) is 2.95. The lowest BCUT2D eigenvalue weighted by atomic mass is 10.2. The number of aryl methyl sites for hydroxylation is 1. The van der Waals surface area contributed by atoms with Gasteiger partial charge in [0, 0.05) is 36.4 Å². The molecule has 0 spiro atoms. The fourth-order valence-corrected chi connectivity index (χ4v) is 3.01. The minimum atomic E-state index is -0.0716. The van der Waals surface area contributed by atoms with E-state index in [1.165, 1.54) is 0 Å². The van der Waals surface area contributed by atoms with Gasteiger partial charge >= 0.3 is 0 Å². The quantitative estimate of drug-likeness (QED) is 0.871. The average molecular weight is 302 g/mol. The molecule has 2 aromatic heterocycles. The average Bonchev–Trinajstić information content (AvgIpc) is 3.27. The predicted molar refractivity (Wildman–Crippen MR) is 81.4 cm³/mol. The first-order valence-electron chi connectivity index (χ1n) is 7.07.